The molecule has 96 valence electrons. The minimum Gasteiger partial charge on any atom is -0.478 e. The van der Waals surface area contributed by atoms with E-state index in [1.165, 1.54) is 16.5 Å². The van der Waals surface area contributed by atoms with Crippen LogP contribution in [-0.2, 0) is 4.79 Å². The molecule has 0 aliphatic heterocycles. The summed E-state index contributed by atoms with van der Waals surface area (Å²) in [6.45, 7) is 0. The molecule has 1 heterocycles. The molecule has 0 saturated heterocycles. The minimum atomic E-state index is -0.857. The van der Waals surface area contributed by atoms with E-state index >= 15 is 0 Å². The van der Waals surface area contributed by atoms with Crippen molar-refractivity contribution in [2.45, 2.75) is 12.8 Å². The molecular weight excluding hydrogens is 256 g/mol. The van der Waals surface area contributed by atoms with Gasteiger partial charge in [0.25, 0.3) is 0 Å². The van der Waals surface area contributed by atoms with Gasteiger partial charge in [0.2, 0.25) is 0 Å². The fourth-order valence-corrected chi connectivity index (χ4v) is 2.97. The molecule has 0 unspecified atom stereocenters. The van der Waals surface area contributed by atoms with Gasteiger partial charge in [-0.25, -0.2) is 4.79 Å². The van der Waals surface area contributed by atoms with Gasteiger partial charge in [0.05, 0.1) is 0 Å². The highest BCUT2D eigenvalue weighted by Crippen LogP contribution is 2.42. The third-order valence-corrected chi connectivity index (χ3v) is 4.24. The van der Waals surface area contributed by atoms with Crippen LogP contribution in [0.5, 0.6) is 0 Å². The lowest BCUT2D eigenvalue weighted by molar-refractivity contribution is -0.131. The molecule has 1 aliphatic rings. The number of aliphatic carboxylic acids is 1. The number of carboxylic acids is 1. The molecule has 0 spiro atoms. The molecule has 0 bridgehead atoms. The van der Waals surface area contributed by atoms with Gasteiger partial charge in [-0.3, -0.25) is 0 Å². The molecule has 1 aliphatic carbocycles. The zero-order chi connectivity index (χ0) is 13.2. The molecule has 1 aromatic heterocycles. The Hall–Kier alpha value is -1.87. The normalized spacial score (nSPS) is 15.5. The van der Waals surface area contributed by atoms with Crippen LogP contribution in [0.1, 0.15) is 18.4 Å². The number of carbonyl (C=O) groups is 1. The van der Waals surface area contributed by atoms with Crippen molar-refractivity contribution in [2.75, 3.05) is 0 Å². The first kappa shape index (κ1) is 12.2. The van der Waals surface area contributed by atoms with E-state index in [4.69, 9.17) is 5.11 Å². The Morgan fingerprint density at radius 2 is 1.95 bits per heavy atom. The molecule has 0 radical (unpaired) electrons. The van der Waals surface area contributed by atoms with Gasteiger partial charge in [0, 0.05) is 11.0 Å². The molecule has 0 amide bonds. The predicted octanol–water partition coefficient (Wildman–Crippen LogP) is 4.29. The lowest BCUT2D eigenvalue weighted by Gasteiger charge is -2.06. The smallest absolute Gasteiger partial charge is 0.328 e. The van der Waals surface area contributed by atoms with Gasteiger partial charge in [-0.1, -0.05) is 30.3 Å². The van der Waals surface area contributed by atoms with Gasteiger partial charge < -0.3 is 5.11 Å². The van der Waals surface area contributed by atoms with E-state index in [0.717, 1.165) is 24.0 Å². The molecular formula is C16H14O2S. The third-order valence-electron chi connectivity index (χ3n) is 3.32. The topological polar surface area (TPSA) is 37.3 Å². The third kappa shape index (κ3) is 2.76. The Morgan fingerprint density at radius 1 is 1.21 bits per heavy atom. The molecule has 0 atom stereocenters. The quantitative estimate of drug-likeness (QED) is 0.841. The average Bonchev–Trinajstić information content (AvgIpc) is 3.10. The SMILES string of the molecule is O=C(O)/C=C(/c1ccc(-c2cccs2)cc1)C1CC1. The van der Waals surface area contributed by atoms with Crippen molar-refractivity contribution in [1.82, 2.24) is 0 Å². The first-order valence-corrected chi connectivity index (χ1v) is 7.21. The molecule has 3 heteroatoms. The Bertz CT molecular complexity index is 605. The second-order valence-corrected chi connectivity index (χ2v) is 5.71. The minimum absolute atomic E-state index is 0.434. The summed E-state index contributed by atoms with van der Waals surface area (Å²) >= 11 is 1.71. The molecule has 1 saturated carbocycles. The summed E-state index contributed by atoms with van der Waals surface area (Å²) in [5.41, 5.74) is 3.18. The number of benzene rings is 1. The summed E-state index contributed by atoms with van der Waals surface area (Å²) in [7, 11) is 0. The first-order valence-electron chi connectivity index (χ1n) is 6.33. The maximum Gasteiger partial charge on any atom is 0.328 e. The number of rotatable bonds is 4. The van der Waals surface area contributed by atoms with Crippen LogP contribution < -0.4 is 0 Å². The molecule has 1 N–H and O–H groups in total. The van der Waals surface area contributed by atoms with Crippen molar-refractivity contribution in [3.05, 3.63) is 53.4 Å². The van der Waals surface area contributed by atoms with Crippen molar-refractivity contribution in [2.24, 2.45) is 5.92 Å². The predicted molar refractivity (Wildman–Crippen MR) is 78.1 cm³/mol. The fourth-order valence-electron chi connectivity index (χ4n) is 2.23. The fraction of sp³-hybridized carbons (Fsp3) is 0.188. The van der Waals surface area contributed by atoms with Crippen molar-refractivity contribution < 1.29 is 9.90 Å². The van der Waals surface area contributed by atoms with Crippen molar-refractivity contribution >= 4 is 22.9 Å². The van der Waals surface area contributed by atoms with Crippen molar-refractivity contribution in [3.63, 3.8) is 0 Å². The zero-order valence-electron chi connectivity index (χ0n) is 10.4. The summed E-state index contributed by atoms with van der Waals surface area (Å²) in [4.78, 5) is 12.1. The lowest BCUT2D eigenvalue weighted by atomic mass is 9.99. The van der Waals surface area contributed by atoms with E-state index in [-0.39, 0.29) is 0 Å². The largest absolute Gasteiger partial charge is 0.478 e. The molecule has 2 nitrogen and oxygen atoms in total. The van der Waals surface area contributed by atoms with E-state index in [1.54, 1.807) is 11.3 Å². The van der Waals surface area contributed by atoms with Crippen LogP contribution in [0.4, 0.5) is 0 Å². The van der Waals surface area contributed by atoms with E-state index < -0.39 is 5.97 Å². The van der Waals surface area contributed by atoms with Crippen LogP contribution >= 0.6 is 11.3 Å². The highest BCUT2D eigenvalue weighted by molar-refractivity contribution is 7.13. The van der Waals surface area contributed by atoms with Gasteiger partial charge in [0.1, 0.15) is 0 Å². The van der Waals surface area contributed by atoms with E-state index in [0.29, 0.717) is 5.92 Å². The van der Waals surface area contributed by atoms with Gasteiger partial charge in [0.15, 0.2) is 0 Å². The van der Waals surface area contributed by atoms with Crippen molar-refractivity contribution in [3.8, 4) is 10.4 Å². The van der Waals surface area contributed by atoms with E-state index in [1.807, 2.05) is 18.2 Å². The molecule has 2 aromatic rings. The highest BCUT2D eigenvalue weighted by atomic mass is 32.1. The molecule has 1 aromatic carbocycles. The molecule has 19 heavy (non-hydrogen) atoms. The van der Waals surface area contributed by atoms with Crippen LogP contribution in [0.2, 0.25) is 0 Å². The average molecular weight is 270 g/mol. The maximum absolute atomic E-state index is 10.9. The lowest BCUT2D eigenvalue weighted by Crippen LogP contribution is -1.94. The van der Waals surface area contributed by atoms with Gasteiger partial charge in [-0.15, -0.1) is 11.3 Å². The Morgan fingerprint density at radius 3 is 2.47 bits per heavy atom. The Kier molecular flexibility index (Phi) is 3.22. The summed E-state index contributed by atoms with van der Waals surface area (Å²) in [5, 5.41) is 11.0. The zero-order valence-corrected chi connectivity index (χ0v) is 11.2. The first-order chi connectivity index (χ1) is 9.24. The summed E-state index contributed by atoms with van der Waals surface area (Å²) < 4.78 is 0. The van der Waals surface area contributed by atoms with Crippen LogP contribution in [0.25, 0.3) is 16.0 Å². The number of hydrogen-bond donors (Lipinski definition) is 1. The summed E-state index contributed by atoms with van der Waals surface area (Å²) in [6, 6.07) is 12.3. The Labute approximate surface area is 116 Å². The van der Waals surface area contributed by atoms with Gasteiger partial charge >= 0.3 is 5.97 Å². The monoisotopic (exact) mass is 270 g/mol. The number of hydrogen-bond acceptors (Lipinski definition) is 2. The van der Waals surface area contributed by atoms with Gasteiger partial charge in [-0.05, 0) is 46.9 Å². The van der Waals surface area contributed by atoms with Gasteiger partial charge in [-0.2, -0.15) is 0 Å². The molecule has 1 fully saturated rings. The summed E-state index contributed by atoms with van der Waals surface area (Å²) in [6.07, 6.45) is 3.56. The van der Waals surface area contributed by atoms with Crippen LogP contribution in [0.15, 0.2) is 47.9 Å². The van der Waals surface area contributed by atoms with Crippen molar-refractivity contribution in [1.29, 1.82) is 0 Å². The second-order valence-electron chi connectivity index (χ2n) is 4.77. The number of allylic oxidation sites excluding steroid dienone is 1. The van der Waals surface area contributed by atoms with Crippen LogP contribution in [0.3, 0.4) is 0 Å². The van der Waals surface area contributed by atoms with E-state index in [2.05, 4.69) is 23.6 Å². The number of carboxylic acid groups (broad SMARTS) is 1. The van der Waals surface area contributed by atoms with Crippen LogP contribution in [0, 0.1) is 5.92 Å². The summed E-state index contributed by atoms with van der Waals surface area (Å²) in [5.74, 6) is -0.423. The highest BCUT2D eigenvalue weighted by Gasteiger charge is 2.27. The van der Waals surface area contributed by atoms with E-state index in [9.17, 15) is 4.79 Å². The Balaban J connectivity index is 1.91. The number of thiophene rings is 1. The standard InChI is InChI=1S/C16H14O2S/c17-16(18)10-14(11-3-4-11)12-5-7-13(8-6-12)15-2-1-9-19-15/h1-2,5-11H,3-4H2,(H,17,18)/b14-10+. The maximum atomic E-state index is 10.9. The molecule has 3 rings (SSSR count). The van der Waals surface area contributed by atoms with Crippen LogP contribution in [-0.4, -0.2) is 11.1 Å². The second kappa shape index (κ2) is 5.02.